The van der Waals surface area contributed by atoms with Gasteiger partial charge in [0.05, 0.1) is 6.04 Å². The number of piperidine rings is 1. The summed E-state index contributed by atoms with van der Waals surface area (Å²) in [5, 5.41) is 0. The zero-order chi connectivity index (χ0) is 17.7. The maximum Gasteiger partial charge on any atom is 0.410 e. The second-order valence-corrected chi connectivity index (χ2v) is 6.57. The Morgan fingerprint density at radius 2 is 1.88 bits per heavy atom. The molecule has 1 aliphatic rings. The number of carbonyl (C=O) groups is 2. The molecular formula is C20H25NO3. The SMILES string of the molecule is C=C(C)C[C@H]1CC(=O)C[C@@H](C(=C)C)N1C(=O)OCc1ccccc1. The maximum atomic E-state index is 12.7. The summed E-state index contributed by atoms with van der Waals surface area (Å²) in [6.07, 6.45) is 0.848. The second kappa shape index (κ2) is 7.95. The topological polar surface area (TPSA) is 46.6 Å². The summed E-state index contributed by atoms with van der Waals surface area (Å²) in [6.45, 7) is 11.8. The molecule has 1 heterocycles. The standard InChI is InChI=1S/C20H25NO3/c1-14(2)10-17-11-18(22)12-19(15(3)4)21(17)20(23)24-13-16-8-6-5-7-9-16/h5-9,17,19H,1,3,10-13H2,2,4H3/t17-,19-/m0/s1. The zero-order valence-corrected chi connectivity index (χ0v) is 14.5. The molecule has 1 amide bonds. The summed E-state index contributed by atoms with van der Waals surface area (Å²) in [5.74, 6) is 0.154. The number of hydrogen-bond acceptors (Lipinski definition) is 3. The molecule has 1 aromatic rings. The van der Waals surface area contributed by atoms with Crippen LogP contribution in [0.15, 0.2) is 54.6 Å². The van der Waals surface area contributed by atoms with E-state index in [1.165, 1.54) is 0 Å². The summed E-state index contributed by atoms with van der Waals surface area (Å²) in [7, 11) is 0. The van der Waals surface area contributed by atoms with Crippen LogP contribution >= 0.6 is 0 Å². The highest BCUT2D eigenvalue weighted by Gasteiger charge is 2.38. The molecular weight excluding hydrogens is 302 g/mol. The largest absolute Gasteiger partial charge is 0.445 e. The minimum Gasteiger partial charge on any atom is -0.445 e. The third kappa shape index (κ3) is 4.57. The normalized spacial score (nSPS) is 20.6. The Morgan fingerprint density at radius 1 is 1.21 bits per heavy atom. The lowest BCUT2D eigenvalue weighted by Gasteiger charge is -2.41. The number of ketones is 1. The molecule has 0 N–H and O–H groups in total. The van der Waals surface area contributed by atoms with Crippen molar-refractivity contribution in [3.8, 4) is 0 Å². The van der Waals surface area contributed by atoms with Crippen molar-refractivity contribution < 1.29 is 14.3 Å². The molecule has 0 aliphatic carbocycles. The van der Waals surface area contributed by atoms with Crippen LogP contribution < -0.4 is 0 Å². The Hall–Kier alpha value is -2.36. The van der Waals surface area contributed by atoms with E-state index in [4.69, 9.17) is 4.74 Å². The Balaban J connectivity index is 2.15. The maximum absolute atomic E-state index is 12.7. The molecule has 2 atom stereocenters. The van der Waals surface area contributed by atoms with Crippen LogP contribution in [-0.2, 0) is 16.1 Å². The van der Waals surface area contributed by atoms with Gasteiger partial charge in [0.25, 0.3) is 0 Å². The van der Waals surface area contributed by atoms with Crippen LogP contribution in [0, 0.1) is 0 Å². The van der Waals surface area contributed by atoms with Gasteiger partial charge in [-0.2, -0.15) is 0 Å². The second-order valence-electron chi connectivity index (χ2n) is 6.57. The van der Waals surface area contributed by atoms with E-state index in [1.807, 2.05) is 44.2 Å². The molecule has 24 heavy (non-hydrogen) atoms. The van der Waals surface area contributed by atoms with Crippen molar-refractivity contribution in [2.45, 2.75) is 51.8 Å². The van der Waals surface area contributed by atoms with Crippen LogP contribution in [0.5, 0.6) is 0 Å². The van der Waals surface area contributed by atoms with Crippen LogP contribution in [-0.4, -0.2) is 28.9 Å². The lowest BCUT2D eigenvalue weighted by atomic mass is 9.88. The molecule has 4 nitrogen and oxygen atoms in total. The van der Waals surface area contributed by atoms with Crippen molar-refractivity contribution in [2.24, 2.45) is 0 Å². The minimum absolute atomic E-state index is 0.154. The minimum atomic E-state index is -0.398. The highest BCUT2D eigenvalue weighted by Crippen LogP contribution is 2.29. The fraction of sp³-hybridized carbons (Fsp3) is 0.400. The quantitative estimate of drug-likeness (QED) is 0.759. The Labute approximate surface area is 143 Å². The first kappa shape index (κ1) is 18.0. The average molecular weight is 327 g/mol. The van der Waals surface area contributed by atoms with E-state index in [1.54, 1.807) is 4.90 Å². The lowest BCUT2D eigenvalue weighted by molar-refractivity contribution is -0.124. The van der Waals surface area contributed by atoms with Crippen LogP contribution in [0.2, 0.25) is 0 Å². The number of amides is 1. The molecule has 0 aromatic heterocycles. The average Bonchev–Trinajstić information content (AvgIpc) is 2.52. The van der Waals surface area contributed by atoms with Crippen molar-refractivity contribution in [1.82, 2.24) is 4.90 Å². The molecule has 2 rings (SSSR count). The van der Waals surface area contributed by atoms with Gasteiger partial charge in [-0.1, -0.05) is 48.1 Å². The summed E-state index contributed by atoms with van der Waals surface area (Å²) in [6, 6.07) is 9.03. The van der Waals surface area contributed by atoms with E-state index in [0.717, 1.165) is 16.7 Å². The molecule has 1 aromatic carbocycles. The fourth-order valence-corrected chi connectivity index (χ4v) is 3.07. The third-order valence-electron chi connectivity index (χ3n) is 4.18. The number of ether oxygens (including phenoxy) is 1. The first-order chi connectivity index (χ1) is 11.4. The first-order valence-electron chi connectivity index (χ1n) is 8.19. The van der Waals surface area contributed by atoms with Gasteiger partial charge in [-0.3, -0.25) is 9.69 Å². The monoisotopic (exact) mass is 327 g/mol. The van der Waals surface area contributed by atoms with E-state index < -0.39 is 6.09 Å². The smallest absolute Gasteiger partial charge is 0.410 e. The van der Waals surface area contributed by atoms with Crippen LogP contribution in [0.1, 0.15) is 38.7 Å². The van der Waals surface area contributed by atoms with Crippen LogP contribution in [0.3, 0.4) is 0 Å². The number of nitrogens with zero attached hydrogens (tertiary/aromatic N) is 1. The molecule has 128 valence electrons. The molecule has 1 aliphatic heterocycles. The van der Waals surface area contributed by atoms with Gasteiger partial charge >= 0.3 is 6.09 Å². The van der Waals surface area contributed by atoms with E-state index in [9.17, 15) is 9.59 Å². The number of hydrogen-bond donors (Lipinski definition) is 0. The van der Waals surface area contributed by atoms with Gasteiger partial charge in [-0.15, -0.1) is 6.58 Å². The van der Waals surface area contributed by atoms with Crippen molar-refractivity contribution in [1.29, 1.82) is 0 Å². The molecule has 1 saturated heterocycles. The van der Waals surface area contributed by atoms with Crippen LogP contribution in [0.25, 0.3) is 0 Å². The highest BCUT2D eigenvalue weighted by molar-refractivity contribution is 5.83. The van der Waals surface area contributed by atoms with Crippen molar-refractivity contribution in [2.75, 3.05) is 0 Å². The molecule has 0 saturated carbocycles. The summed E-state index contributed by atoms with van der Waals surface area (Å²) in [5.41, 5.74) is 2.67. The highest BCUT2D eigenvalue weighted by atomic mass is 16.6. The molecule has 0 unspecified atom stereocenters. The van der Waals surface area contributed by atoms with Crippen molar-refractivity contribution in [3.63, 3.8) is 0 Å². The van der Waals surface area contributed by atoms with E-state index in [-0.39, 0.29) is 24.5 Å². The summed E-state index contributed by atoms with van der Waals surface area (Å²) in [4.78, 5) is 26.5. The summed E-state index contributed by atoms with van der Waals surface area (Å²) >= 11 is 0. The van der Waals surface area contributed by atoms with Crippen LogP contribution in [0.4, 0.5) is 4.79 Å². The lowest BCUT2D eigenvalue weighted by Crippen LogP contribution is -2.53. The zero-order valence-electron chi connectivity index (χ0n) is 14.5. The van der Waals surface area contributed by atoms with Gasteiger partial charge in [0.15, 0.2) is 0 Å². The van der Waals surface area contributed by atoms with Gasteiger partial charge in [-0.25, -0.2) is 4.79 Å². The number of rotatable bonds is 5. The Kier molecular flexibility index (Phi) is 5.96. The van der Waals surface area contributed by atoms with Gasteiger partial charge in [0.1, 0.15) is 12.4 Å². The van der Waals surface area contributed by atoms with Gasteiger partial charge in [0, 0.05) is 18.9 Å². The van der Waals surface area contributed by atoms with Gasteiger partial charge in [-0.05, 0) is 25.8 Å². The number of likely N-dealkylation sites (tertiary alicyclic amines) is 1. The first-order valence-corrected chi connectivity index (χ1v) is 8.19. The predicted octanol–water partition coefficient (Wildman–Crippen LogP) is 4.27. The predicted molar refractivity (Wildman–Crippen MR) is 94.5 cm³/mol. The number of carbonyl (C=O) groups excluding carboxylic acids is 2. The molecule has 1 fully saturated rings. The van der Waals surface area contributed by atoms with E-state index in [0.29, 0.717) is 19.3 Å². The molecule has 0 spiro atoms. The van der Waals surface area contributed by atoms with Gasteiger partial charge in [0.2, 0.25) is 0 Å². The molecule has 0 radical (unpaired) electrons. The van der Waals surface area contributed by atoms with Crippen molar-refractivity contribution in [3.05, 3.63) is 60.2 Å². The third-order valence-corrected chi connectivity index (χ3v) is 4.18. The van der Waals surface area contributed by atoms with E-state index >= 15 is 0 Å². The van der Waals surface area contributed by atoms with E-state index in [2.05, 4.69) is 13.2 Å². The van der Waals surface area contributed by atoms with Crippen molar-refractivity contribution >= 4 is 11.9 Å². The summed E-state index contributed by atoms with van der Waals surface area (Å²) < 4.78 is 5.50. The molecule has 4 heteroatoms. The fourth-order valence-electron chi connectivity index (χ4n) is 3.07. The Bertz CT molecular complexity index is 634. The number of benzene rings is 1. The number of Topliss-reactive ketones (excluding diaryl/α,β-unsaturated/α-hetero) is 1. The Morgan fingerprint density at radius 3 is 2.46 bits per heavy atom. The molecule has 0 bridgehead atoms. The van der Waals surface area contributed by atoms with Gasteiger partial charge < -0.3 is 4.74 Å².